The van der Waals surface area contributed by atoms with E-state index in [1.165, 1.54) is 26.1 Å². The van der Waals surface area contributed by atoms with E-state index < -0.39 is 0 Å². The second kappa shape index (κ2) is 5.11. The van der Waals surface area contributed by atoms with Crippen molar-refractivity contribution in [3.63, 3.8) is 0 Å². The predicted octanol–water partition coefficient (Wildman–Crippen LogP) is 4.37. The lowest BCUT2D eigenvalue weighted by Crippen LogP contribution is -2.05. The highest BCUT2D eigenvalue weighted by Crippen LogP contribution is 2.35. The number of thiophene rings is 1. The lowest BCUT2D eigenvalue weighted by atomic mass is 10.1. The van der Waals surface area contributed by atoms with Gasteiger partial charge in [0, 0.05) is 33.6 Å². The van der Waals surface area contributed by atoms with Crippen molar-refractivity contribution in [2.24, 2.45) is 5.73 Å². The largest absolute Gasteiger partial charge is 0.323 e. The highest BCUT2D eigenvalue weighted by atomic mass is 32.1. The molecule has 0 fully saturated rings. The van der Waals surface area contributed by atoms with E-state index in [0.717, 1.165) is 6.42 Å². The molecule has 0 aliphatic carbocycles. The molecule has 0 aliphatic heterocycles. The Bertz CT molecular complexity index is 697. The molecule has 1 atom stereocenters. The fourth-order valence-electron chi connectivity index (χ4n) is 2.24. The zero-order chi connectivity index (χ0) is 13.2. The molecule has 2 N–H and O–H groups in total. The molecule has 1 unspecified atom stereocenters. The molecule has 0 spiro atoms. The number of hydrogen-bond donors (Lipinski definition) is 1. The summed E-state index contributed by atoms with van der Waals surface area (Å²) in [5.74, 6) is 0. The van der Waals surface area contributed by atoms with Gasteiger partial charge in [0.05, 0.1) is 0 Å². The van der Waals surface area contributed by atoms with Gasteiger partial charge < -0.3 is 5.73 Å². The molecular weight excluding hydrogens is 252 g/mol. The van der Waals surface area contributed by atoms with Crippen molar-refractivity contribution < 1.29 is 0 Å². The molecular formula is C16H16N2S. The Morgan fingerprint density at radius 3 is 2.95 bits per heavy atom. The van der Waals surface area contributed by atoms with Crippen molar-refractivity contribution in [2.45, 2.75) is 19.4 Å². The van der Waals surface area contributed by atoms with Crippen LogP contribution >= 0.6 is 11.3 Å². The van der Waals surface area contributed by atoms with E-state index in [2.05, 4.69) is 48.3 Å². The van der Waals surface area contributed by atoms with Gasteiger partial charge in [-0.05, 0) is 35.6 Å². The molecule has 19 heavy (non-hydrogen) atoms. The van der Waals surface area contributed by atoms with E-state index in [4.69, 9.17) is 5.73 Å². The first-order chi connectivity index (χ1) is 9.29. The second-order valence-corrected chi connectivity index (χ2v) is 5.73. The van der Waals surface area contributed by atoms with E-state index in [9.17, 15) is 0 Å². The van der Waals surface area contributed by atoms with Crippen LogP contribution in [0.25, 0.3) is 21.2 Å². The summed E-state index contributed by atoms with van der Waals surface area (Å²) in [6.07, 6.45) is 4.72. The number of benzene rings is 1. The lowest BCUT2D eigenvalue weighted by Gasteiger charge is -2.05. The van der Waals surface area contributed by atoms with E-state index in [1.54, 1.807) is 11.3 Å². The second-order valence-electron chi connectivity index (χ2n) is 4.62. The number of fused-ring (bicyclic) bond motifs is 1. The van der Waals surface area contributed by atoms with E-state index in [1.807, 2.05) is 12.4 Å². The van der Waals surface area contributed by atoms with Gasteiger partial charge in [0.25, 0.3) is 0 Å². The van der Waals surface area contributed by atoms with Gasteiger partial charge in [0.1, 0.15) is 0 Å². The van der Waals surface area contributed by atoms with Crippen molar-refractivity contribution in [3.05, 3.63) is 53.7 Å². The van der Waals surface area contributed by atoms with Gasteiger partial charge in [-0.15, -0.1) is 11.3 Å². The molecule has 96 valence electrons. The maximum atomic E-state index is 6.10. The van der Waals surface area contributed by atoms with Crippen molar-refractivity contribution in [1.29, 1.82) is 0 Å². The average Bonchev–Trinajstić information content (AvgIpc) is 2.95. The summed E-state index contributed by atoms with van der Waals surface area (Å²) < 4.78 is 0. The van der Waals surface area contributed by atoms with Gasteiger partial charge in [0.2, 0.25) is 0 Å². The van der Waals surface area contributed by atoms with Crippen LogP contribution in [0, 0.1) is 0 Å². The maximum Gasteiger partial charge on any atom is 0.0387 e. The van der Waals surface area contributed by atoms with Gasteiger partial charge in [-0.2, -0.15) is 0 Å². The predicted molar refractivity (Wildman–Crippen MR) is 82.3 cm³/mol. The Morgan fingerprint density at radius 2 is 2.11 bits per heavy atom. The van der Waals surface area contributed by atoms with Gasteiger partial charge in [-0.3, -0.25) is 4.98 Å². The van der Waals surface area contributed by atoms with Gasteiger partial charge >= 0.3 is 0 Å². The van der Waals surface area contributed by atoms with Crippen LogP contribution in [0.2, 0.25) is 0 Å². The van der Waals surface area contributed by atoms with Crippen LogP contribution in [-0.4, -0.2) is 4.98 Å². The summed E-state index contributed by atoms with van der Waals surface area (Å²) in [5.41, 5.74) is 7.36. The molecule has 0 bridgehead atoms. The third kappa shape index (κ3) is 2.27. The Balaban J connectivity index is 2.12. The maximum absolute atomic E-state index is 6.10. The zero-order valence-electron chi connectivity index (χ0n) is 10.8. The smallest absolute Gasteiger partial charge is 0.0387 e. The van der Waals surface area contributed by atoms with Crippen LogP contribution in [0.5, 0.6) is 0 Å². The fourth-order valence-corrected chi connectivity index (χ4v) is 3.37. The number of hydrogen-bond acceptors (Lipinski definition) is 3. The summed E-state index contributed by atoms with van der Waals surface area (Å²) in [7, 11) is 0. The fraction of sp³-hybridized carbons (Fsp3) is 0.188. The summed E-state index contributed by atoms with van der Waals surface area (Å²) in [4.78, 5) is 6.70. The van der Waals surface area contributed by atoms with Crippen LogP contribution in [-0.2, 0) is 0 Å². The van der Waals surface area contributed by atoms with Crippen molar-refractivity contribution in [2.75, 3.05) is 0 Å². The Kier molecular flexibility index (Phi) is 3.32. The van der Waals surface area contributed by atoms with Gasteiger partial charge in [-0.25, -0.2) is 0 Å². The van der Waals surface area contributed by atoms with Crippen molar-refractivity contribution in [3.8, 4) is 10.4 Å². The molecule has 0 radical (unpaired) electrons. The average molecular weight is 268 g/mol. The highest BCUT2D eigenvalue weighted by molar-refractivity contribution is 7.15. The summed E-state index contributed by atoms with van der Waals surface area (Å²) in [6.45, 7) is 2.12. The van der Waals surface area contributed by atoms with Crippen LogP contribution < -0.4 is 5.73 Å². The van der Waals surface area contributed by atoms with Crippen LogP contribution in [0.3, 0.4) is 0 Å². The standard InChI is InChI=1S/C16H16N2S/c1-2-14(17)16-7-6-15(19-16)13-5-3-4-11-10-18-9-8-12(11)13/h3-10,14H,2,17H2,1H3. The number of aromatic nitrogens is 1. The van der Waals surface area contributed by atoms with Crippen LogP contribution in [0.4, 0.5) is 0 Å². The monoisotopic (exact) mass is 268 g/mol. The third-order valence-corrected chi connectivity index (χ3v) is 4.63. The number of pyridine rings is 1. The van der Waals surface area contributed by atoms with Crippen molar-refractivity contribution >= 4 is 22.1 Å². The summed E-state index contributed by atoms with van der Waals surface area (Å²) in [6, 6.07) is 12.9. The SMILES string of the molecule is CCC(N)c1ccc(-c2cccc3cnccc23)s1. The number of nitrogens with two attached hydrogens (primary N) is 1. The Hall–Kier alpha value is -1.71. The quantitative estimate of drug-likeness (QED) is 0.766. The molecule has 0 saturated heterocycles. The first-order valence-corrected chi connectivity index (χ1v) is 7.29. The first-order valence-electron chi connectivity index (χ1n) is 6.48. The highest BCUT2D eigenvalue weighted by Gasteiger charge is 2.10. The van der Waals surface area contributed by atoms with Crippen LogP contribution in [0.1, 0.15) is 24.3 Å². The zero-order valence-corrected chi connectivity index (χ0v) is 11.7. The third-order valence-electron chi connectivity index (χ3n) is 3.38. The molecule has 0 amide bonds. The van der Waals surface area contributed by atoms with Crippen LogP contribution in [0.15, 0.2) is 48.8 Å². The molecule has 3 aromatic rings. The lowest BCUT2D eigenvalue weighted by molar-refractivity contribution is 0.712. The molecule has 3 rings (SSSR count). The minimum absolute atomic E-state index is 0.149. The topological polar surface area (TPSA) is 38.9 Å². The van der Waals surface area contributed by atoms with Crippen molar-refractivity contribution in [1.82, 2.24) is 4.98 Å². The molecule has 3 heteroatoms. The van der Waals surface area contributed by atoms with E-state index >= 15 is 0 Å². The minimum atomic E-state index is 0.149. The first kappa shape index (κ1) is 12.3. The normalized spacial score (nSPS) is 12.7. The Morgan fingerprint density at radius 1 is 1.21 bits per heavy atom. The molecule has 2 nitrogen and oxygen atoms in total. The van der Waals surface area contributed by atoms with Gasteiger partial charge in [-0.1, -0.05) is 25.1 Å². The van der Waals surface area contributed by atoms with Gasteiger partial charge in [0.15, 0.2) is 0 Å². The Labute approximate surface area is 116 Å². The molecule has 1 aromatic carbocycles. The summed E-state index contributed by atoms with van der Waals surface area (Å²) >= 11 is 1.79. The van der Waals surface area contributed by atoms with E-state index in [0.29, 0.717) is 0 Å². The molecule has 0 saturated carbocycles. The molecule has 0 aliphatic rings. The summed E-state index contributed by atoms with van der Waals surface area (Å²) in [5, 5.41) is 2.42. The number of rotatable bonds is 3. The molecule has 2 heterocycles. The molecule has 2 aromatic heterocycles. The van der Waals surface area contributed by atoms with E-state index in [-0.39, 0.29) is 6.04 Å². The number of nitrogens with zero attached hydrogens (tertiary/aromatic N) is 1. The minimum Gasteiger partial charge on any atom is -0.323 e.